The van der Waals surface area contributed by atoms with Crippen molar-refractivity contribution in [2.75, 3.05) is 13.2 Å². The summed E-state index contributed by atoms with van der Waals surface area (Å²) >= 11 is 0. The largest absolute Gasteiger partial charge is 0.481 e. The molecular weight excluding hydrogens is 406 g/mol. The predicted octanol–water partition coefficient (Wildman–Crippen LogP) is 5.32. The van der Waals surface area contributed by atoms with Gasteiger partial charge in [-0.25, -0.2) is 9.13 Å². The molecule has 3 unspecified atom stereocenters. The van der Waals surface area contributed by atoms with E-state index in [1.165, 1.54) is 57.8 Å². The van der Waals surface area contributed by atoms with Crippen LogP contribution in [-0.2, 0) is 22.7 Å². The molecule has 3 atom stereocenters. The first kappa shape index (κ1) is 26.3. The third kappa shape index (κ3) is 17.1. The van der Waals surface area contributed by atoms with Gasteiger partial charge in [-0.3, -0.25) is 4.52 Å². The zero-order valence-electron chi connectivity index (χ0n) is 17.0. The number of epoxide rings is 1. The average Bonchev–Trinajstić information content (AvgIpc) is 3.38. The van der Waals surface area contributed by atoms with Gasteiger partial charge in [-0.2, -0.15) is 4.31 Å². The van der Waals surface area contributed by atoms with E-state index in [9.17, 15) is 9.13 Å². The summed E-state index contributed by atoms with van der Waals surface area (Å²) in [6.07, 6.45) is 15.8. The lowest BCUT2D eigenvalue weighted by Gasteiger charge is -2.13. The third-order valence-corrected chi connectivity index (χ3v) is 7.12. The highest BCUT2D eigenvalue weighted by Gasteiger charge is 2.31. The second kappa shape index (κ2) is 14.3. The van der Waals surface area contributed by atoms with Gasteiger partial charge >= 0.3 is 15.6 Å². The molecule has 0 aromatic heterocycles. The molecule has 0 aromatic rings. The minimum Gasteiger partial charge on any atom is -0.373 e. The molecule has 1 aliphatic rings. The Bertz CT molecular complexity index is 492. The topological polar surface area (TPSA) is 126 Å². The van der Waals surface area contributed by atoms with E-state index in [2.05, 4.69) is 15.8 Å². The van der Waals surface area contributed by atoms with Crippen molar-refractivity contribution in [2.45, 2.75) is 96.5 Å². The summed E-state index contributed by atoms with van der Waals surface area (Å²) in [5.41, 5.74) is 0. The van der Waals surface area contributed by atoms with Gasteiger partial charge in [0.05, 0.1) is 19.3 Å². The van der Waals surface area contributed by atoms with Crippen LogP contribution in [0, 0.1) is 5.92 Å². The fourth-order valence-corrected chi connectivity index (χ4v) is 4.86. The molecule has 1 rings (SSSR count). The molecular formula is C18H38O8P2. The van der Waals surface area contributed by atoms with Gasteiger partial charge in [0.25, 0.3) is 0 Å². The molecule has 0 aliphatic carbocycles. The maximum Gasteiger partial charge on any atom is 0.481 e. The molecule has 1 saturated heterocycles. The standard InChI is InChI=1S/C18H38O8P2/c1-17(12-8-5-3-2-4-6-10-14-18-16-24-18)13-9-7-11-15-25-28(22,23)26-27(19,20)21/h17-18H,2-16H2,1H3,(H,22,23)(H2,19,20,21). The van der Waals surface area contributed by atoms with Gasteiger partial charge in [0.15, 0.2) is 0 Å². The number of phosphoric ester groups is 1. The minimum absolute atomic E-state index is 0.0597. The Morgan fingerprint density at radius 3 is 1.93 bits per heavy atom. The summed E-state index contributed by atoms with van der Waals surface area (Å²) in [4.78, 5) is 26.1. The van der Waals surface area contributed by atoms with Crippen molar-refractivity contribution in [3.63, 3.8) is 0 Å². The van der Waals surface area contributed by atoms with E-state index in [-0.39, 0.29) is 6.61 Å². The maximum absolute atomic E-state index is 11.3. The first-order valence-electron chi connectivity index (χ1n) is 10.5. The lowest BCUT2D eigenvalue weighted by Crippen LogP contribution is -1.98. The van der Waals surface area contributed by atoms with Crippen molar-refractivity contribution in [1.82, 2.24) is 0 Å². The molecule has 28 heavy (non-hydrogen) atoms. The third-order valence-electron chi connectivity index (χ3n) is 4.93. The molecule has 0 spiro atoms. The molecule has 0 saturated carbocycles. The van der Waals surface area contributed by atoms with E-state index in [4.69, 9.17) is 19.4 Å². The number of rotatable bonds is 19. The zero-order chi connectivity index (χ0) is 20.9. The highest BCUT2D eigenvalue weighted by molar-refractivity contribution is 7.60. The summed E-state index contributed by atoms with van der Waals surface area (Å²) in [6, 6.07) is 0. The van der Waals surface area contributed by atoms with Crippen molar-refractivity contribution in [3.8, 4) is 0 Å². The van der Waals surface area contributed by atoms with Crippen LogP contribution in [0.25, 0.3) is 0 Å². The summed E-state index contributed by atoms with van der Waals surface area (Å²) in [5, 5.41) is 0. The maximum atomic E-state index is 11.3. The van der Waals surface area contributed by atoms with Gasteiger partial charge in [0.1, 0.15) is 0 Å². The van der Waals surface area contributed by atoms with Gasteiger partial charge in [0, 0.05) is 0 Å². The molecule has 0 amide bonds. The SMILES string of the molecule is CC(CCCCCCCCCC1CO1)CCCCCOP(=O)(O)OP(=O)(O)O. The molecule has 1 heterocycles. The Kier molecular flexibility index (Phi) is 13.4. The second-order valence-electron chi connectivity index (χ2n) is 7.84. The molecule has 8 nitrogen and oxygen atoms in total. The fraction of sp³-hybridized carbons (Fsp3) is 1.00. The lowest BCUT2D eigenvalue weighted by atomic mass is 9.96. The second-order valence-corrected chi connectivity index (χ2v) is 10.7. The quantitative estimate of drug-likeness (QED) is 0.139. The van der Waals surface area contributed by atoms with E-state index < -0.39 is 15.6 Å². The van der Waals surface area contributed by atoms with E-state index in [1.807, 2.05) is 0 Å². The first-order valence-corrected chi connectivity index (χ1v) is 13.6. The number of ether oxygens (including phenoxy) is 1. The molecule has 10 heteroatoms. The van der Waals surface area contributed by atoms with Gasteiger partial charge in [-0.05, 0) is 18.8 Å². The van der Waals surface area contributed by atoms with Crippen LogP contribution < -0.4 is 0 Å². The Morgan fingerprint density at radius 2 is 1.39 bits per heavy atom. The van der Waals surface area contributed by atoms with Crippen molar-refractivity contribution >= 4 is 15.6 Å². The molecule has 0 radical (unpaired) electrons. The summed E-state index contributed by atoms with van der Waals surface area (Å²) in [7, 11) is -9.71. The molecule has 1 aliphatic heterocycles. The zero-order valence-corrected chi connectivity index (χ0v) is 18.8. The van der Waals surface area contributed by atoms with E-state index in [0.717, 1.165) is 25.9 Å². The molecule has 0 bridgehead atoms. The van der Waals surface area contributed by atoms with Crippen LogP contribution in [0.3, 0.4) is 0 Å². The Balaban J connectivity index is 1.83. The average molecular weight is 444 g/mol. The molecule has 3 N–H and O–H groups in total. The van der Waals surface area contributed by atoms with Gasteiger partial charge in [-0.15, -0.1) is 0 Å². The van der Waals surface area contributed by atoms with E-state index >= 15 is 0 Å². The van der Waals surface area contributed by atoms with Crippen LogP contribution in [0.5, 0.6) is 0 Å². The van der Waals surface area contributed by atoms with Gasteiger partial charge in [0.2, 0.25) is 0 Å². The number of phosphoric acid groups is 2. The lowest BCUT2D eigenvalue weighted by molar-refractivity contribution is 0.175. The van der Waals surface area contributed by atoms with Crippen molar-refractivity contribution in [1.29, 1.82) is 0 Å². The number of hydrogen-bond donors (Lipinski definition) is 3. The van der Waals surface area contributed by atoms with Gasteiger partial charge in [-0.1, -0.05) is 77.6 Å². The molecule has 1 fully saturated rings. The smallest absolute Gasteiger partial charge is 0.373 e. The van der Waals surface area contributed by atoms with E-state index in [0.29, 0.717) is 18.4 Å². The Morgan fingerprint density at radius 1 is 0.893 bits per heavy atom. The van der Waals surface area contributed by atoms with Crippen molar-refractivity contribution in [2.24, 2.45) is 5.92 Å². The Hall–Kier alpha value is 0.220. The first-order chi connectivity index (χ1) is 13.2. The Labute approximate surface area is 169 Å². The minimum atomic E-state index is -5.03. The number of hydrogen-bond acceptors (Lipinski definition) is 5. The summed E-state index contributed by atoms with van der Waals surface area (Å²) in [5.74, 6) is 0.668. The predicted molar refractivity (Wildman–Crippen MR) is 108 cm³/mol. The van der Waals surface area contributed by atoms with Crippen molar-refractivity contribution in [3.05, 3.63) is 0 Å². The van der Waals surface area contributed by atoms with E-state index in [1.54, 1.807) is 0 Å². The molecule has 168 valence electrons. The number of unbranched alkanes of at least 4 members (excludes halogenated alkanes) is 8. The monoisotopic (exact) mass is 444 g/mol. The van der Waals surface area contributed by atoms with Crippen molar-refractivity contribution < 1.29 is 37.4 Å². The molecule has 0 aromatic carbocycles. The highest BCUT2D eigenvalue weighted by Crippen LogP contribution is 2.57. The fourth-order valence-electron chi connectivity index (χ4n) is 3.24. The highest BCUT2D eigenvalue weighted by atomic mass is 31.3. The normalized spacial score (nSPS) is 20.1. The van der Waals surface area contributed by atoms with Crippen LogP contribution in [0.2, 0.25) is 0 Å². The van der Waals surface area contributed by atoms with Gasteiger partial charge < -0.3 is 19.4 Å². The van der Waals surface area contributed by atoms with Crippen LogP contribution in [0.1, 0.15) is 90.4 Å². The van der Waals surface area contributed by atoms with Crippen LogP contribution >= 0.6 is 15.6 Å². The van der Waals surface area contributed by atoms with Crippen LogP contribution in [0.15, 0.2) is 0 Å². The van der Waals surface area contributed by atoms with Crippen LogP contribution in [0.4, 0.5) is 0 Å². The summed E-state index contributed by atoms with van der Waals surface area (Å²) < 4.78 is 35.3. The summed E-state index contributed by atoms with van der Waals surface area (Å²) in [6.45, 7) is 3.17. The van der Waals surface area contributed by atoms with Crippen LogP contribution in [-0.4, -0.2) is 34.0 Å².